The molecule has 2 N–H and O–H groups in total. The van der Waals surface area contributed by atoms with Crippen molar-refractivity contribution in [1.82, 2.24) is 4.90 Å². The number of halogens is 1. The van der Waals surface area contributed by atoms with Crippen molar-refractivity contribution >= 4 is 11.7 Å². The second kappa shape index (κ2) is 4.94. The first-order valence-corrected chi connectivity index (χ1v) is 6.01. The van der Waals surface area contributed by atoms with Crippen LogP contribution in [0.2, 0.25) is 0 Å². The largest absolute Gasteiger partial charge is 0.390 e. The highest BCUT2D eigenvalue weighted by Crippen LogP contribution is 2.22. The molecule has 1 saturated heterocycles. The third-order valence-corrected chi connectivity index (χ3v) is 3.24. The van der Waals surface area contributed by atoms with E-state index in [1.807, 2.05) is 0 Å². The number of likely N-dealkylation sites (tertiary alicyclic amines) is 1. The lowest BCUT2D eigenvalue weighted by Crippen LogP contribution is -2.46. The molecule has 18 heavy (non-hydrogen) atoms. The van der Waals surface area contributed by atoms with Crippen LogP contribution < -0.4 is 5.32 Å². The molecule has 98 valence electrons. The Morgan fingerprint density at radius 3 is 2.61 bits per heavy atom. The summed E-state index contributed by atoms with van der Waals surface area (Å²) in [5.74, 6) is -0.449. The van der Waals surface area contributed by atoms with Crippen molar-refractivity contribution in [3.63, 3.8) is 0 Å². The minimum Gasteiger partial charge on any atom is -0.390 e. The Bertz CT molecular complexity index is 438. The van der Waals surface area contributed by atoms with Crippen LogP contribution in [-0.2, 0) is 0 Å². The minimum absolute atomic E-state index is 0.180. The number of carbonyl (C=O) groups is 1. The molecule has 0 unspecified atom stereocenters. The smallest absolute Gasteiger partial charge is 0.321 e. The summed E-state index contributed by atoms with van der Waals surface area (Å²) in [6.45, 7) is 2.72. The molecule has 0 aromatic heterocycles. The van der Waals surface area contributed by atoms with Gasteiger partial charge in [-0.05, 0) is 31.9 Å². The zero-order valence-corrected chi connectivity index (χ0v) is 10.3. The number of piperidine rings is 1. The Balaban J connectivity index is 1.95. The highest BCUT2D eigenvalue weighted by atomic mass is 19.1. The van der Waals surface area contributed by atoms with Gasteiger partial charge in [-0.25, -0.2) is 9.18 Å². The average molecular weight is 252 g/mol. The molecule has 0 radical (unpaired) electrons. The normalized spacial score (nSPS) is 18.5. The van der Waals surface area contributed by atoms with Crippen LogP contribution in [-0.4, -0.2) is 34.7 Å². The minimum atomic E-state index is -0.700. The highest BCUT2D eigenvalue weighted by molar-refractivity contribution is 5.89. The Kier molecular flexibility index (Phi) is 3.52. The van der Waals surface area contributed by atoms with Gasteiger partial charge in [-0.2, -0.15) is 0 Å². The number of nitrogens with zero attached hydrogens (tertiary/aromatic N) is 1. The second-order valence-corrected chi connectivity index (χ2v) is 4.89. The summed E-state index contributed by atoms with van der Waals surface area (Å²) < 4.78 is 13.4. The van der Waals surface area contributed by atoms with Gasteiger partial charge in [0.1, 0.15) is 5.82 Å². The summed E-state index contributed by atoms with van der Waals surface area (Å²) in [6.07, 6.45) is 1.08. The lowest BCUT2D eigenvalue weighted by Gasteiger charge is -2.35. The van der Waals surface area contributed by atoms with Gasteiger partial charge in [0.25, 0.3) is 0 Å². The summed E-state index contributed by atoms with van der Waals surface area (Å²) in [4.78, 5) is 13.5. The fourth-order valence-electron chi connectivity index (χ4n) is 1.95. The number of benzene rings is 1. The maximum Gasteiger partial charge on any atom is 0.321 e. The van der Waals surface area contributed by atoms with E-state index in [9.17, 15) is 14.3 Å². The molecule has 1 aliphatic rings. The van der Waals surface area contributed by atoms with Crippen molar-refractivity contribution in [2.24, 2.45) is 0 Å². The maximum absolute atomic E-state index is 13.4. The molecule has 4 nitrogen and oxygen atoms in total. The zero-order valence-electron chi connectivity index (χ0n) is 10.3. The number of aliphatic hydroxyl groups is 1. The summed E-state index contributed by atoms with van der Waals surface area (Å²) in [5.41, 5.74) is -0.519. The van der Waals surface area contributed by atoms with Crippen molar-refractivity contribution in [1.29, 1.82) is 0 Å². The first-order chi connectivity index (χ1) is 8.48. The van der Waals surface area contributed by atoms with Crippen LogP contribution in [0.5, 0.6) is 0 Å². The molecule has 1 aliphatic heterocycles. The number of nitrogens with one attached hydrogen (secondary N) is 1. The first-order valence-electron chi connectivity index (χ1n) is 6.01. The predicted molar refractivity (Wildman–Crippen MR) is 66.8 cm³/mol. The number of para-hydroxylation sites is 1. The number of carbonyl (C=O) groups excluding carboxylic acids is 1. The van der Waals surface area contributed by atoms with Crippen LogP contribution in [0.15, 0.2) is 24.3 Å². The molecule has 0 saturated carbocycles. The van der Waals surface area contributed by atoms with E-state index in [4.69, 9.17) is 0 Å². The fourth-order valence-corrected chi connectivity index (χ4v) is 1.95. The van der Waals surface area contributed by atoms with Crippen molar-refractivity contribution in [3.8, 4) is 0 Å². The van der Waals surface area contributed by atoms with E-state index in [0.717, 1.165) is 0 Å². The summed E-state index contributed by atoms with van der Waals surface area (Å²) in [6, 6.07) is 5.74. The van der Waals surface area contributed by atoms with Crippen LogP contribution in [0.3, 0.4) is 0 Å². The molecule has 0 bridgehead atoms. The van der Waals surface area contributed by atoms with Gasteiger partial charge in [-0.15, -0.1) is 0 Å². The number of hydrogen-bond donors (Lipinski definition) is 2. The van der Waals surface area contributed by atoms with Crippen LogP contribution in [0.1, 0.15) is 19.8 Å². The van der Waals surface area contributed by atoms with Crippen molar-refractivity contribution in [2.45, 2.75) is 25.4 Å². The van der Waals surface area contributed by atoms with Crippen LogP contribution >= 0.6 is 0 Å². The van der Waals surface area contributed by atoms with Gasteiger partial charge < -0.3 is 15.3 Å². The Labute approximate surface area is 105 Å². The summed E-state index contributed by atoms with van der Waals surface area (Å²) in [5, 5.41) is 12.3. The lowest BCUT2D eigenvalue weighted by molar-refractivity contribution is 0.00569. The topological polar surface area (TPSA) is 52.6 Å². The number of rotatable bonds is 1. The molecule has 1 fully saturated rings. The van der Waals surface area contributed by atoms with Gasteiger partial charge in [0.15, 0.2) is 0 Å². The molecule has 0 atom stereocenters. The van der Waals surface area contributed by atoms with E-state index in [1.165, 1.54) is 12.1 Å². The van der Waals surface area contributed by atoms with Crippen LogP contribution in [0.4, 0.5) is 14.9 Å². The van der Waals surface area contributed by atoms with E-state index in [0.29, 0.717) is 25.9 Å². The molecule has 0 spiro atoms. The number of hydrogen-bond acceptors (Lipinski definition) is 2. The summed E-state index contributed by atoms with van der Waals surface area (Å²) >= 11 is 0. The number of urea groups is 1. The van der Waals surface area contributed by atoms with E-state index < -0.39 is 11.4 Å². The van der Waals surface area contributed by atoms with Gasteiger partial charge in [-0.1, -0.05) is 12.1 Å². The molecule has 2 amide bonds. The first kappa shape index (κ1) is 12.8. The maximum atomic E-state index is 13.4. The van der Waals surface area contributed by atoms with Crippen molar-refractivity contribution < 1.29 is 14.3 Å². The van der Waals surface area contributed by atoms with Gasteiger partial charge in [0, 0.05) is 13.1 Å². The van der Waals surface area contributed by atoms with E-state index in [2.05, 4.69) is 5.32 Å². The zero-order chi connectivity index (χ0) is 13.2. The average Bonchev–Trinajstić information content (AvgIpc) is 2.32. The molecule has 1 aromatic rings. The molecule has 1 aromatic carbocycles. The van der Waals surface area contributed by atoms with Gasteiger partial charge in [0.2, 0.25) is 0 Å². The number of anilines is 1. The van der Waals surface area contributed by atoms with E-state index >= 15 is 0 Å². The highest BCUT2D eigenvalue weighted by Gasteiger charge is 2.29. The quantitative estimate of drug-likeness (QED) is 0.805. The van der Waals surface area contributed by atoms with Crippen LogP contribution in [0.25, 0.3) is 0 Å². The lowest BCUT2D eigenvalue weighted by atomic mass is 9.94. The SMILES string of the molecule is CC1(O)CCN(C(=O)Nc2ccccc2F)CC1. The molecule has 2 rings (SSSR count). The molecular formula is C13H17FN2O2. The Morgan fingerprint density at radius 2 is 2.00 bits per heavy atom. The Hall–Kier alpha value is -1.62. The molecule has 0 aliphatic carbocycles. The third-order valence-electron chi connectivity index (χ3n) is 3.24. The fraction of sp³-hybridized carbons (Fsp3) is 0.462. The predicted octanol–water partition coefficient (Wildman–Crippen LogP) is 2.20. The monoisotopic (exact) mass is 252 g/mol. The van der Waals surface area contributed by atoms with Gasteiger partial charge in [0.05, 0.1) is 11.3 Å². The Morgan fingerprint density at radius 1 is 1.39 bits per heavy atom. The second-order valence-electron chi connectivity index (χ2n) is 4.89. The van der Waals surface area contributed by atoms with Gasteiger partial charge >= 0.3 is 6.03 Å². The van der Waals surface area contributed by atoms with Gasteiger partial charge in [-0.3, -0.25) is 0 Å². The molecule has 1 heterocycles. The van der Waals surface area contributed by atoms with Crippen molar-refractivity contribution in [2.75, 3.05) is 18.4 Å². The number of amides is 2. The third kappa shape index (κ3) is 2.98. The van der Waals surface area contributed by atoms with E-state index in [-0.39, 0.29) is 11.7 Å². The standard InChI is InChI=1S/C13H17FN2O2/c1-13(18)6-8-16(9-7-13)12(17)15-11-5-3-2-4-10(11)14/h2-5,18H,6-9H2,1H3,(H,15,17). The van der Waals surface area contributed by atoms with E-state index in [1.54, 1.807) is 24.0 Å². The molecule has 5 heteroatoms. The summed E-state index contributed by atoms with van der Waals surface area (Å²) in [7, 11) is 0. The molecular weight excluding hydrogens is 235 g/mol. The van der Waals surface area contributed by atoms with Crippen molar-refractivity contribution in [3.05, 3.63) is 30.1 Å². The van der Waals surface area contributed by atoms with Crippen LogP contribution in [0, 0.1) is 5.82 Å².